The van der Waals surface area contributed by atoms with Crippen molar-refractivity contribution in [2.24, 2.45) is 0 Å². The highest BCUT2D eigenvalue weighted by Crippen LogP contribution is 2.39. The number of ketones is 1. The number of likely N-dealkylation sites (tertiary alicyclic amines) is 1. The molecule has 2 N–H and O–H groups in total. The lowest BCUT2D eigenvalue weighted by Crippen LogP contribution is -2.32. The second-order valence-electron chi connectivity index (χ2n) is 5.63. The fraction of sp³-hybridized carbons (Fsp3) is 0.158. The summed E-state index contributed by atoms with van der Waals surface area (Å²) >= 11 is 5.86. The third kappa shape index (κ3) is 3.16. The van der Waals surface area contributed by atoms with Crippen LogP contribution in [0.15, 0.2) is 60.2 Å². The largest absolute Gasteiger partial charge is 0.507 e. The number of benzene rings is 2. The standard InChI is InChI=1S/C19H16ClNO4/c20-14-8-6-13(7-9-14)17(23)15-16(12-4-2-1-3-5-12)21(10-11-22)19(25)18(15)24/h1-9,16,22-23H,10-11H2. The van der Waals surface area contributed by atoms with Gasteiger partial charge in [0.2, 0.25) is 0 Å². The minimum absolute atomic E-state index is 0.00152. The predicted molar refractivity (Wildman–Crippen MR) is 94.0 cm³/mol. The Balaban J connectivity index is 2.17. The number of aliphatic hydroxyl groups is 2. The summed E-state index contributed by atoms with van der Waals surface area (Å²) in [6.45, 7) is -0.279. The van der Waals surface area contributed by atoms with Crippen molar-refractivity contribution >= 4 is 29.1 Å². The van der Waals surface area contributed by atoms with Crippen molar-refractivity contribution in [3.8, 4) is 0 Å². The highest BCUT2D eigenvalue weighted by Gasteiger charge is 2.45. The molecule has 2 aromatic carbocycles. The SMILES string of the molecule is O=C1C(=O)N(CCO)C(c2ccccc2)C1=C(O)c1ccc(Cl)cc1. The summed E-state index contributed by atoms with van der Waals surface area (Å²) in [6.07, 6.45) is 0. The van der Waals surface area contributed by atoms with Gasteiger partial charge in [-0.1, -0.05) is 41.9 Å². The Morgan fingerprint density at radius 3 is 2.28 bits per heavy atom. The molecule has 1 amide bonds. The molecule has 5 nitrogen and oxygen atoms in total. The van der Waals surface area contributed by atoms with Gasteiger partial charge in [0.25, 0.3) is 11.7 Å². The number of carbonyl (C=O) groups excluding carboxylic acids is 2. The van der Waals surface area contributed by atoms with Crippen molar-refractivity contribution in [3.63, 3.8) is 0 Å². The number of hydrogen-bond donors (Lipinski definition) is 2. The summed E-state index contributed by atoms with van der Waals surface area (Å²) in [4.78, 5) is 26.2. The number of rotatable bonds is 4. The van der Waals surface area contributed by atoms with Gasteiger partial charge in [-0.05, 0) is 29.8 Å². The molecule has 1 aliphatic heterocycles. The van der Waals surface area contributed by atoms with E-state index in [1.165, 1.54) is 4.90 Å². The van der Waals surface area contributed by atoms with Crippen molar-refractivity contribution in [3.05, 3.63) is 76.3 Å². The molecule has 2 aromatic rings. The van der Waals surface area contributed by atoms with E-state index in [1.807, 2.05) is 6.07 Å². The normalized spacial score (nSPS) is 19.4. The molecule has 0 bridgehead atoms. The second-order valence-corrected chi connectivity index (χ2v) is 6.07. The number of carbonyl (C=O) groups is 2. The molecule has 25 heavy (non-hydrogen) atoms. The zero-order chi connectivity index (χ0) is 18.0. The van der Waals surface area contributed by atoms with E-state index in [1.54, 1.807) is 48.5 Å². The molecule has 0 spiro atoms. The zero-order valence-corrected chi connectivity index (χ0v) is 14.0. The van der Waals surface area contributed by atoms with Crippen LogP contribution in [0.3, 0.4) is 0 Å². The van der Waals surface area contributed by atoms with E-state index in [9.17, 15) is 19.8 Å². The van der Waals surface area contributed by atoms with Crippen molar-refractivity contribution in [2.75, 3.05) is 13.2 Å². The molecular weight excluding hydrogens is 342 g/mol. The minimum atomic E-state index is -0.769. The van der Waals surface area contributed by atoms with Crippen LogP contribution in [0.2, 0.25) is 5.02 Å². The second kappa shape index (κ2) is 7.09. The van der Waals surface area contributed by atoms with Crippen LogP contribution in [-0.2, 0) is 9.59 Å². The smallest absolute Gasteiger partial charge is 0.295 e. The Kier molecular flexibility index (Phi) is 4.88. The average Bonchev–Trinajstić information content (AvgIpc) is 2.88. The molecule has 1 unspecified atom stereocenters. The third-order valence-corrected chi connectivity index (χ3v) is 4.37. The van der Waals surface area contributed by atoms with Gasteiger partial charge in [-0.25, -0.2) is 0 Å². The number of hydrogen-bond acceptors (Lipinski definition) is 4. The summed E-state index contributed by atoms with van der Waals surface area (Å²) in [5.41, 5.74) is 1.09. The predicted octanol–water partition coefficient (Wildman–Crippen LogP) is 2.75. The van der Waals surface area contributed by atoms with Crippen molar-refractivity contribution in [1.29, 1.82) is 0 Å². The van der Waals surface area contributed by atoms with E-state index >= 15 is 0 Å². The van der Waals surface area contributed by atoms with Gasteiger partial charge in [0.05, 0.1) is 18.2 Å². The summed E-state index contributed by atoms with van der Waals surface area (Å²) in [7, 11) is 0. The third-order valence-electron chi connectivity index (χ3n) is 4.11. The molecular formula is C19H16ClNO4. The fourth-order valence-corrected chi connectivity index (χ4v) is 3.09. The lowest BCUT2D eigenvalue weighted by atomic mass is 9.95. The van der Waals surface area contributed by atoms with Crippen LogP contribution in [0.25, 0.3) is 5.76 Å². The van der Waals surface area contributed by atoms with Gasteiger partial charge < -0.3 is 15.1 Å². The first kappa shape index (κ1) is 17.2. The minimum Gasteiger partial charge on any atom is -0.507 e. The molecule has 1 saturated heterocycles. The Hall–Kier alpha value is -2.63. The topological polar surface area (TPSA) is 77.8 Å². The molecule has 6 heteroatoms. The van der Waals surface area contributed by atoms with Gasteiger partial charge in [0.1, 0.15) is 5.76 Å². The zero-order valence-electron chi connectivity index (χ0n) is 13.2. The molecule has 3 rings (SSSR count). The summed E-state index contributed by atoms with van der Waals surface area (Å²) in [5.74, 6) is -1.77. The number of halogens is 1. The summed E-state index contributed by atoms with van der Waals surface area (Å²) in [5, 5.41) is 20.5. The van der Waals surface area contributed by atoms with E-state index in [0.29, 0.717) is 16.1 Å². The van der Waals surface area contributed by atoms with Gasteiger partial charge in [0, 0.05) is 17.1 Å². The highest BCUT2D eigenvalue weighted by molar-refractivity contribution is 6.46. The van der Waals surface area contributed by atoms with Crippen LogP contribution in [0.1, 0.15) is 17.2 Å². The molecule has 0 saturated carbocycles. The first-order valence-electron chi connectivity index (χ1n) is 7.74. The lowest BCUT2D eigenvalue weighted by molar-refractivity contribution is -0.140. The van der Waals surface area contributed by atoms with E-state index in [4.69, 9.17) is 11.6 Å². The van der Waals surface area contributed by atoms with E-state index in [2.05, 4.69) is 0 Å². The molecule has 0 radical (unpaired) electrons. The number of nitrogens with zero attached hydrogens (tertiary/aromatic N) is 1. The van der Waals surface area contributed by atoms with Gasteiger partial charge in [-0.2, -0.15) is 0 Å². The maximum absolute atomic E-state index is 12.5. The Labute approximate surface area is 149 Å². The van der Waals surface area contributed by atoms with E-state index in [0.717, 1.165) is 0 Å². The highest BCUT2D eigenvalue weighted by atomic mass is 35.5. The fourth-order valence-electron chi connectivity index (χ4n) is 2.96. The molecule has 1 fully saturated rings. The van der Waals surface area contributed by atoms with Gasteiger partial charge >= 0.3 is 0 Å². The van der Waals surface area contributed by atoms with Crippen molar-refractivity contribution in [1.82, 2.24) is 4.90 Å². The number of amides is 1. The maximum atomic E-state index is 12.5. The van der Waals surface area contributed by atoms with E-state index < -0.39 is 17.7 Å². The van der Waals surface area contributed by atoms with Crippen molar-refractivity contribution in [2.45, 2.75) is 6.04 Å². The van der Waals surface area contributed by atoms with E-state index in [-0.39, 0.29) is 24.5 Å². The van der Waals surface area contributed by atoms with Crippen LogP contribution in [0.5, 0.6) is 0 Å². The average molecular weight is 358 g/mol. The van der Waals surface area contributed by atoms with Crippen LogP contribution in [0.4, 0.5) is 0 Å². The molecule has 1 atom stereocenters. The van der Waals surface area contributed by atoms with Gasteiger partial charge in [0.15, 0.2) is 0 Å². The van der Waals surface area contributed by atoms with Crippen LogP contribution >= 0.6 is 11.6 Å². The molecule has 1 aliphatic rings. The molecule has 128 valence electrons. The molecule has 1 heterocycles. The first-order chi connectivity index (χ1) is 12.0. The first-order valence-corrected chi connectivity index (χ1v) is 8.12. The number of Topliss-reactive ketones (excluding diaryl/α,β-unsaturated/α-hetero) is 1. The van der Waals surface area contributed by atoms with Gasteiger partial charge in [-0.15, -0.1) is 0 Å². The number of aliphatic hydroxyl groups excluding tert-OH is 2. The molecule has 0 aromatic heterocycles. The number of β-amino-alcohol motifs (C(OH)–C–C–N with tert-alkyl or cyclic N) is 1. The summed E-state index contributed by atoms with van der Waals surface area (Å²) in [6, 6.07) is 14.6. The maximum Gasteiger partial charge on any atom is 0.295 e. The van der Waals surface area contributed by atoms with Crippen LogP contribution in [-0.4, -0.2) is 40.0 Å². The van der Waals surface area contributed by atoms with Gasteiger partial charge in [-0.3, -0.25) is 9.59 Å². The Morgan fingerprint density at radius 2 is 1.68 bits per heavy atom. The Morgan fingerprint density at radius 1 is 1.04 bits per heavy atom. The summed E-state index contributed by atoms with van der Waals surface area (Å²) < 4.78 is 0. The van der Waals surface area contributed by atoms with Crippen LogP contribution < -0.4 is 0 Å². The molecule has 0 aliphatic carbocycles. The Bertz CT molecular complexity index is 830. The van der Waals surface area contributed by atoms with Crippen LogP contribution in [0, 0.1) is 0 Å². The monoisotopic (exact) mass is 357 g/mol. The quantitative estimate of drug-likeness (QED) is 0.501. The lowest BCUT2D eigenvalue weighted by Gasteiger charge is -2.24. The van der Waals surface area contributed by atoms with Crippen molar-refractivity contribution < 1.29 is 19.8 Å².